The summed E-state index contributed by atoms with van der Waals surface area (Å²) in [5.74, 6) is -2.47. The monoisotopic (exact) mass is 157 g/mol. The summed E-state index contributed by atoms with van der Waals surface area (Å²) in [6.45, 7) is 0. The summed E-state index contributed by atoms with van der Waals surface area (Å²) in [6.07, 6.45) is 0.543. The van der Waals surface area contributed by atoms with E-state index in [0.717, 1.165) is 6.08 Å². The van der Waals surface area contributed by atoms with Crippen molar-refractivity contribution in [1.82, 2.24) is 0 Å². The second-order valence-electron chi connectivity index (χ2n) is 1.97. The molecule has 0 fully saturated rings. The number of aliphatic carboxylic acids is 1. The number of hydrogen-bond donors (Lipinski definition) is 1. The van der Waals surface area contributed by atoms with E-state index in [2.05, 4.69) is 4.74 Å². The molecule has 0 bridgehead atoms. The van der Waals surface area contributed by atoms with E-state index >= 15 is 0 Å². The van der Waals surface area contributed by atoms with E-state index in [0.29, 0.717) is 0 Å². The van der Waals surface area contributed by atoms with Crippen LogP contribution < -0.4 is 0 Å². The van der Waals surface area contributed by atoms with E-state index in [1.807, 2.05) is 0 Å². The Morgan fingerprint density at radius 3 is 2.73 bits per heavy atom. The number of hydrogen-bond acceptors (Lipinski definition) is 3. The van der Waals surface area contributed by atoms with Crippen LogP contribution in [0.3, 0.4) is 0 Å². The van der Waals surface area contributed by atoms with Crippen molar-refractivity contribution in [2.75, 3.05) is 0 Å². The van der Waals surface area contributed by atoms with Crippen molar-refractivity contribution < 1.29 is 24.2 Å². The van der Waals surface area contributed by atoms with Crippen molar-refractivity contribution in [3.8, 4) is 0 Å². The first-order valence-corrected chi connectivity index (χ1v) is 2.80. The summed E-state index contributed by atoms with van der Waals surface area (Å²) in [5, 5.41) is 8.25. The van der Waals surface area contributed by atoms with Gasteiger partial charge in [0.05, 0.1) is 12.5 Å². The standard InChI is InChI=1S/C6H4O5/c7-4(8)1-3-2-5(9)11-6(3)10/h2H,1H2,(H,7,8)/p+1. The first-order chi connectivity index (χ1) is 5.09. The molecule has 0 aromatic carbocycles. The molecule has 0 spiro atoms. The van der Waals surface area contributed by atoms with Crippen LogP contribution in [0.15, 0.2) is 11.6 Å². The molecule has 0 saturated carbocycles. The molecule has 0 aromatic rings. The highest BCUT2D eigenvalue weighted by atomic mass is 16.6. The number of cyclic esters (lactones) is 2. The Kier molecular flexibility index (Phi) is 1.72. The minimum atomic E-state index is -1.12. The van der Waals surface area contributed by atoms with E-state index in [1.165, 1.54) is 0 Å². The van der Waals surface area contributed by atoms with Gasteiger partial charge in [-0.1, -0.05) is 0 Å². The van der Waals surface area contributed by atoms with E-state index in [9.17, 15) is 9.59 Å². The zero-order valence-electron chi connectivity index (χ0n) is 5.40. The quantitative estimate of drug-likeness (QED) is 0.331. The summed E-state index contributed by atoms with van der Waals surface area (Å²) in [6, 6.07) is 0. The van der Waals surface area contributed by atoms with E-state index in [4.69, 9.17) is 9.90 Å². The zero-order valence-corrected chi connectivity index (χ0v) is 5.40. The number of carboxylic acid groups (broad SMARTS) is 1. The van der Waals surface area contributed by atoms with Gasteiger partial charge in [-0.2, -0.15) is 0 Å². The second kappa shape index (κ2) is 2.53. The highest BCUT2D eigenvalue weighted by molar-refractivity contribution is 6.10. The molecular weight excluding hydrogens is 152 g/mol. The third kappa shape index (κ3) is 1.64. The number of carboxylic acids is 1. The number of esters is 2. The molecule has 0 atom stereocenters. The normalized spacial score (nSPS) is 16.2. The molecule has 58 valence electrons. The minimum absolute atomic E-state index is 0.00231. The average molecular weight is 157 g/mol. The van der Waals surface area contributed by atoms with Gasteiger partial charge in [0.25, 0.3) is 0 Å². The molecular formula is C6H5O5+. The van der Waals surface area contributed by atoms with Crippen LogP contribution in [0.25, 0.3) is 0 Å². The molecule has 0 aromatic heterocycles. The van der Waals surface area contributed by atoms with Gasteiger partial charge in [-0.15, -0.1) is 0 Å². The van der Waals surface area contributed by atoms with Gasteiger partial charge in [0, 0.05) is 0 Å². The molecule has 0 unspecified atom stereocenters. The van der Waals surface area contributed by atoms with Crippen LogP contribution in [0.2, 0.25) is 0 Å². The second-order valence-corrected chi connectivity index (χ2v) is 1.97. The van der Waals surface area contributed by atoms with Crippen LogP contribution in [-0.2, 0) is 14.3 Å². The lowest BCUT2D eigenvalue weighted by molar-refractivity contribution is -0.136. The predicted octanol–water partition coefficient (Wildman–Crippen LogP) is -0.553. The van der Waals surface area contributed by atoms with Gasteiger partial charge >= 0.3 is 17.9 Å². The fraction of sp³-hybridized carbons (Fsp3) is 0.167. The van der Waals surface area contributed by atoms with Crippen molar-refractivity contribution in [1.29, 1.82) is 0 Å². The van der Waals surface area contributed by atoms with Crippen LogP contribution in [0.1, 0.15) is 6.42 Å². The molecule has 2 N–H and O–H groups in total. The van der Waals surface area contributed by atoms with Gasteiger partial charge in [-0.25, -0.2) is 9.53 Å². The maximum atomic E-state index is 10.4. The van der Waals surface area contributed by atoms with Crippen molar-refractivity contribution in [2.24, 2.45) is 0 Å². The van der Waals surface area contributed by atoms with Crippen molar-refractivity contribution >= 4 is 17.9 Å². The molecule has 0 aliphatic carbocycles. The van der Waals surface area contributed by atoms with Crippen LogP contribution in [-0.4, -0.2) is 27.8 Å². The summed E-state index contributed by atoms with van der Waals surface area (Å²) >= 11 is 0. The Bertz CT molecular complexity index is 262. The minimum Gasteiger partial charge on any atom is -0.481 e. The van der Waals surface area contributed by atoms with Gasteiger partial charge < -0.3 is 9.90 Å². The summed E-state index contributed by atoms with van der Waals surface area (Å²) in [7, 11) is 0. The fourth-order valence-corrected chi connectivity index (χ4v) is 0.684. The Morgan fingerprint density at radius 2 is 2.36 bits per heavy atom. The van der Waals surface area contributed by atoms with Crippen molar-refractivity contribution in [3.63, 3.8) is 0 Å². The lowest BCUT2D eigenvalue weighted by atomic mass is 10.2. The average Bonchev–Trinajstić information content (AvgIpc) is 2.09. The Labute approximate surface area is 61.3 Å². The van der Waals surface area contributed by atoms with E-state index in [1.54, 1.807) is 0 Å². The summed E-state index contributed by atoms with van der Waals surface area (Å²) in [5.41, 5.74) is 0.00231. The molecule has 1 heterocycles. The van der Waals surface area contributed by atoms with E-state index in [-0.39, 0.29) is 5.57 Å². The lowest BCUT2D eigenvalue weighted by Crippen LogP contribution is -2.06. The Hall–Kier alpha value is -1.65. The molecule has 0 saturated heterocycles. The molecule has 11 heavy (non-hydrogen) atoms. The van der Waals surface area contributed by atoms with Gasteiger partial charge in [0.1, 0.15) is 5.57 Å². The Balaban J connectivity index is 2.72. The maximum absolute atomic E-state index is 10.4. The fourth-order valence-electron chi connectivity index (χ4n) is 0.684. The van der Waals surface area contributed by atoms with Gasteiger partial charge in [-0.05, 0) is 0 Å². The molecule has 1 rings (SSSR count). The third-order valence-electron chi connectivity index (χ3n) is 1.11. The number of carbonyl (C=O) groups is 2. The Morgan fingerprint density at radius 1 is 1.73 bits per heavy atom. The zero-order chi connectivity index (χ0) is 8.43. The van der Waals surface area contributed by atoms with Crippen LogP contribution in [0, 0.1) is 0 Å². The highest BCUT2D eigenvalue weighted by Crippen LogP contribution is 2.11. The number of rotatable bonds is 2. The summed E-state index contributed by atoms with van der Waals surface area (Å²) in [4.78, 5) is 29.2. The lowest BCUT2D eigenvalue weighted by Gasteiger charge is -1.84. The molecule has 0 amide bonds. The smallest absolute Gasteiger partial charge is 0.481 e. The van der Waals surface area contributed by atoms with Crippen molar-refractivity contribution in [2.45, 2.75) is 6.42 Å². The van der Waals surface area contributed by atoms with Crippen LogP contribution in [0.4, 0.5) is 0 Å². The molecule has 1 aliphatic heterocycles. The van der Waals surface area contributed by atoms with Crippen molar-refractivity contribution in [3.05, 3.63) is 11.6 Å². The van der Waals surface area contributed by atoms with Gasteiger partial charge in [-0.3, -0.25) is 4.79 Å². The van der Waals surface area contributed by atoms with E-state index < -0.39 is 24.3 Å². The number of ether oxygens (including phenoxy) is 1. The molecule has 1 aliphatic rings. The third-order valence-corrected chi connectivity index (χ3v) is 1.11. The SMILES string of the molecule is O=C(O)CC1=CC(=O)OC1=[OH+]. The van der Waals surface area contributed by atoms with Gasteiger partial charge in [0.2, 0.25) is 0 Å². The largest absolute Gasteiger partial charge is 0.523 e. The maximum Gasteiger partial charge on any atom is 0.523 e. The highest BCUT2D eigenvalue weighted by Gasteiger charge is 2.34. The molecule has 0 radical (unpaired) electrons. The topological polar surface area (TPSA) is 85.0 Å². The molecule has 5 heteroatoms. The van der Waals surface area contributed by atoms with Crippen LogP contribution in [0.5, 0.6) is 0 Å². The number of carbonyl (C=O) groups excluding carboxylic acids is 2. The summed E-state index contributed by atoms with van der Waals surface area (Å²) < 4.78 is 4.15. The van der Waals surface area contributed by atoms with Crippen LogP contribution >= 0.6 is 0 Å². The predicted molar refractivity (Wildman–Crippen MR) is 33.4 cm³/mol. The molecule has 5 nitrogen and oxygen atoms in total. The first-order valence-electron chi connectivity index (χ1n) is 2.80. The first kappa shape index (κ1) is 7.46. The van der Waals surface area contributed by atoms with Gasteiger partial charge in [0.15, 0.2) is 0 Å².